The van der Waals surface area contributed by atoms with Gasteiger partial charge >= 0.3 is 6.03 Å². The monoisotopic (exact) mass is 467 g/mol. The summed E-state index contributed by atoms with van der Waals surface area (Å²) in [5, 5.41) is 8.92. The number of anilines is 1. The third-order valence-corrected chi connectivity index (χ3v) is 5.63. The van der Waals surface area contributed by atoms with Gasteiger partial charge in [0, 0.05) is 23.9 Å². The molecular weight excluding hydrogens is 445 g/mol. The standard InChI is InChI=1S/C23H22FN5O5/c24-16-5-1-3-14(9-16)21-27-22(34-28-21)15-4-2-8-29(11-15)12-20(30)26-23(31)25-17-6-7-18-19(10-17)33-13-32-18/h1,3,5-7,9-10,15H,2,4,8,11-13H2,(H2,25,26,30,31). The summed E-state index contributed by atoms with van der Waals surface area (Å²) in [7, 11) is 0. The summed E-state index contributed by atoms with van der Waals surface area (Å²) in [6.45, 7) is 1.42. The highest BCUT2D eigenvalue weighted by molar-refractivity contribution is 6.01. The molecule has 2 N–H and O–H groups in total. The van der Waals surface area contributed by atoms with Gasteiger partial charge in [-0.2, -0.15) is 4.98 Å². The quantitative estimate of drug-likeness (QED) is 0.588. The number of urea groups is 1. The first-order valence-electron chi connectivity index (χ1n) is 10.9. The fourth-order valence-corrected chi connectivity index (χ4v) is 4.05. The van der Waals surface area contributed by atoms with E-state index in [1.807, 2.05) is 4.90 Å². The molecule has 3 aromatic rings. The first-order chi connectivity index (χ1) is 16.5. The number of carbonyl (C=O) groups is 2. The van der Waals surface area contributed by atoms with Crippen LogP contribution in [0.15, 0.2) is 47.0 Å². The summed E-state index contributed by atoms with van der Waals surface area (Å²) in [6.07, 6.45) is 1.66. The van der Waals surface area contributed by atoms with E-state index in [-0.39, 0.29) is 25.1 Å². The minimum Gasteiger partial charge on any atom is -0.454 e. The molecule has 11 heteroatoms. The Balaban J connectivity index is 1.14. The Labute approximate surface area is 194 Å². The van der Waals surface area contributed by atoms with E-state index >= 15 is 0 Å². The highest BCUT2D eigenvalue weighted by Crippen LogP contribution is 2.34. The zero-order valence-corrected chi connectivity index (χ0v) is 18.1. The molecule has 2 aromatic carbocycles. The van der Waals surface area contributed by atoms with Gasteiger partial charge in [-0.1, -0.05) is 17.3 Å². The number of nitrogens with one attached hydrogen (secondary N) is 2. The Morgan fingerprint density at radius 1 is 1.15 bits per heavy atom. The molecule has 1 aromatic heterocycles. The van der Waals surface area contributed by atoms with E-state index in [9.17, 15) is 14.0 Å². The van der Waals surface area contributed by atoms with Crippen molar-refractivity contribution in [2.24, 2.45) is 0 Å². The molecule has 5 rings (SSSR count). The lowest BCUT2D eigenvalue weighted by molar-refractivity contribution is -0.121. The second-order valence-corrected chi connectivity index (χ2v) is 8.11. The molecule has 1 saturated heterocycles. The van der Waals surface area contributed by atoms with Crippen molar-refractivity contribution in [3.63, 3.8) is 0 Å². The van der Waals surface area contributed by atoms with Gasteiger partial charge in [0.15, 0.2) is 11.5 Å². The molecule has 3 amide bonds. The second-order valence-electron chi connectivity index (χ2n) is 8.11. The van der Waals surface area contributed by atoms with Crippen LogP contribution < -0.4 is 20.1 Å². The molecule has 0 saturated carbocycles. The van der Waals surface area contributed by atoms with E-state index in [1.165, 1.54) is 12.1 Å². The van der Waals surface area contributed by atoms with Crippen molar-refractivity contribution in [2.45, 2.75) is 18.8 Å². The molecule has 1 unspecified atom stereocenters. The third-order valence-electron chi connectivity index (χ3n) is 5.63. The predicted octanol–water partition coefficient (Wildman–Crippen LogP) is 3.13. The zero-order valence-electron chi connectivity index (χ0n) is 18.1. The van der Waals surface area contributed by atoms with E-state index in [2.05, 4.69) is 20.8 Å². The summed E-state index contributed by atoms with van der Waals surface area (Å²) in [6, 6.07) is 10.3. The van der Waals surface area contributed by atoms with Gasteiger partial charge in [0.25, 0.3) is 0 Å². The highest BCUT2D eigenvalue weighted by Gasteiger charge is 2.27. The van der Waals surface area contributed by atoms with Crippen molar-refractivity contribution in [3.8, 4) is 22.9 Å². The average Bonchev–Trinajstić information content (AvgIpc) is 3.49. The third kappa shape index (κ3) is 4.99. The number of halogens is 1. The van der Waals surface area contributed by atoms with E-state index in [1.54, 1.807) is 30.3 Å². The lowest BCUT2D eigenvalue weighted by atomic mass is 9.98. The van der Waals surface area contributed by atoms with Crippen LogP contribution in [0.25, 0.3) is 11.4 Å². The van der Waals surface area contributed by atoms with Gasteiger partial charge < -0.3 is 19.3 Å². The van der Waals surface area contributed by atoms with Crippen LogP contribution in [0.1, 0.15) is 24.7 Å². The van der Waals surface area contributed by atoms with Gasteiger partial charge in [0.1, 0.15) is 5.82 Å². The van der Waals surface area contributed by atoms with E-state index in [0.717, 1.165) is 12.8 Å². The molecule has 3 heterocycles. The van der Waals surface area contributed by atoms with Gasteiger partial charge in [-0.25, -0.2) is 9.18 Å². The van der Waals surface area contributed by atoms with Crippen LogP contribution in [-0.2, 0) is 4.79 Å². The molecule has 0 spiro atoms. The topological polar surface area (TPSA) is 119 Å². The molecule has 1 fully saturated rings. The molecule has 176 valence electrons. The van der Waals surface area contributed by atoms with Gasteiger partial charge in [0.05, 0.1) is 12.5 Å². The Morgan fingerprint density at radius 2 is 2.03 bits per heavy atom. The average molecular weight is 467 g/mol. The van der Waals surface area contributed by atoms with Gasteiger partial charge in [-0.15, -0.1) is 0 Å². The summed E-state index contributed by atoms with van der Waals surface area (Å²) < 4.78 is 29.4. The number of hydrogen-bond acceptors (Lipinski definition) is 8. The molecule has 0 aliphatic carbocycles. The maximum Gasteiger partial charge on any atom is 0.325 e. The summed E-state index contributed by atoms with van der Waals surface area (Å²) in [4.78, 5) is 31.0. The van der Waals surface area contributed by atoms with Crippen molar-refractivity contribution in [1.82, 2.24) is 20.4 Å². The van der Waals surface area contributed by atoms with Crippen molar-refractivity contribution in [2.75, 3.05) is 31.7 Å². The van der Waals surface area contributed by atoms with Gasteiger partial charge in [-0.05, 0) is 43.7 Å². The van der Waals surface area contributed by atoms with Crippen LogP contribution in [0, 0.1) is 5.82 Å². The first kappa shape index (κ1) is 21.8. The van der Waals surface area contributed by atoms with E-state index in [0.29, 0.717) is 47.6 Å². The zero-order chi connectivity index (χ0) is 23.5. The SMILES string of the molecule is O=C(CN1CCCC(c2nc(-c3cccc(F)c3)no2)C1)NC(=O)Nc1ccc2c(c1)OCO2. The molecule has 2 aliphatic heterocycles. The fraction of sp³-hybridized carbons (Fsp3) is 0.304. The summed E-state index contributed by atoms with van der Waals surface area (Å²) >= 11 is 0. The number of hydrogen-bond donors (Lipinski definition) is 2. The van der Waals surface area contributed by atoms with E-state index < -0.39 is 11.9 Å². The second kappa shape index (κ2) is 9.48. The molecule has 0 bridgehead atoms. The van der Waals surface area contributed by atoms with Gasteiger partial charge in [-0.3, -0.25) is 15.0 Å². The molecule has 1 atom stereocenters. The van der Waals surface area contributed by atoms with Crippen molar-refractivity contribution >= 4 is 17.6 Å². The fourth-order valence-electron chi connectivity index (χ4n) is 4.05. The maximum absolute atomic E-state index is 13.5. The largest absolute Gasteiger partial charge is 0.454 e. The Bertz CT molecular complexity index is 1220. The summed E-state index contributed by atoms with van der Waals surface area (Å²) in [5.74, 6) is 1.05. The number of ether oxygens (including phenoxy) is 2. The number of nitrogens with zero attached hydrogens (tertiary/aromatic N) is 3. The van der Waals surface area contributed by atoms with Crippen LogP contribution in [0.4, 0.5) is 14.9 Å². The molecule has 10 nitrogen and oxygen atoms in total. The molecule has 34 heavy (non-hydrogen) atoms. The lowest BCUT2D eigenvalue weighted by Gasteiger charge is -2.30. The van der Waals surface area contributed by atoms with E-state index in [4.69, 9.17) is 14.0 Å². The number of aromatic nitrogens is 2. The molecule has 0 radical (unpaired) electrons. The van der Waals surface area contributed by atoms with Crippen LogP contribution in [0.3, 0.4) is 0 Å². The van der Waals surface area contributed by atoms with Crippen LogP contribution >= 0.6 is 0 Å². The minimum atomic E-state index is -0.630. The number of likely N-dealkylation sites (tertiary alicyclic amines) is 1. The number of fused-ring (bicyclic) bond motifs is 1. The van der Waals surface area contributed by atoms with Crippen LogP contribution in [0.2, 0.25) is 0 Å². The first-order valence-corrected chi connectivity index (χ1v) is 10.9. The normalized spacial score (nSPS) is 17.4. The predicted molar refractivity (Wildman–Crippen MR) is 118 cm³/mol. The Morgan fingerprint density at radius 3 is 2.91 bits per heavy atom. The summed E-state index contributed by atoms with van der Waals surface area (Å²) in [5.41, 5.74) is 1.02. The number of piperidine rings is 1. The van der Waals surface area contributed by atoms with Crippen molar-refractivity contribution in [3.05, 3.63) is 54.2 Å². The lowest BCUT2D eigenvalue weighted by Crippen LogP contribution is -2.44. The van der Waals surface area contributed by atoms with Crippen molar-refractivity contribution < 1.29 is 28.0 Å². The number of imide groups is 1. The van der Waals surface area contributed by atoms with Crippen LogP contribution in [0.5, 0.6) is 11.5 Å². The number of rotatable bonds is 5. The number of carbonyl (C=O) groups excluding carboxylic acids is 2. The highest BCUT2D eigenvalue weighted by atomic mass is 19.1. The molecule has 2 aliphatic rings. The number of benzene rings is 2. The minimum absolute atomic E-state index is 0.0515. The molecular formula is C23H22FN5O5. The smallest absolute Gasteiger partial charge is 0.325 e. The Kier molecular flexibility index (Phi) is 6.09. The van der Waals surface area contributed by atoms with Crippen LogP contribution in [-0.4, -0.2) is 53.4 Å². The number of amides is 3. The van der Waals surface area contributed by atoms with Crippen molar-refractivity contribution in [1.29, 1.82) is 0 Å². The maximum atomic E-state index is 13.5. The van der Waals surface area contributed by atoms with Gasteiger partial charge in [0.2, 0.25) is 24.4 Å². The Hall–Kier alpha value is -3.99.